The van der Waals surface area contributed by atoms with Crippen LogP contribution in [0, 0.1) is 26.2 Å². The Balaban J connectivity index is 1.84. The van der Waals surface area contributed by atoms with E-state index in [1.54, 1.807) is 0 Å². The fourth-order valence-electron chi connectivity index (χ4n) is 3.62. The highest BCUT2D eigenvalue weighted by Crippen LogP contribution is 2.35. The first kappa shape index (κ1) is 17.7. The van der Waals surface area contributed by atoms with Gasteiger partial charge in [-0.05, 0) is 63.3 Å². The number of carbonyl (C=O) groups is 1. The van der Waals surface area contributed by atoms with E-state index in [1.165, 1.54) is 11.1 Å². The Morgan fingerprint density at radius 2 is 1.80 bits per heavy atom. The second-order valence-electron chi connectivity index (χ2n) is 7.13. The number of anilines is 1. The molecule has 1 N–H and O–H groups in total. The summed E-state index contributed by atoms with van der Waals surface area (Å²) in [7, 11) is 0. The highest BCUT2D eigenvalue weighted by atomic mass is 16.5. The zero-order valence-electron chi connectivity index (χ0n) is 15.6. The number of carbonyl (C=O) groups excluding carboxylic acids is 1. The monoisotopic (exact) mass is 341 g/mol. The first-order chi connectivity index (χ1) is 11.9. The molecule has 5 nitrogen and oxygen atoms in total. The van der Waals surface area contributed by atoms with E-state index in [2.05, 4.69) is 49.4 Å². The second-order valence-corrected chi connectivity index (χ2v) is 7.13. The number of benzene rings is 1. The van der Waals surface area contributed by atoms with Gasteiger partial charge in [-0.15, -0.1) is 5.10 Å². The minimum atomic E-state index is -0.337. The summed E-state index contributed by atoms with van der Waals surface area (Å²) in [4.78, 5) is 12.9. The summed E-state index contributed by atoms with van der Waals surface area (Å²) in [5.74, 6) is 0.671. The van der Waals surface area contributed by atoms with Gasteiger partial charge in [0.2, 0.25) is 5.91 Å². The Hall–Kier alpha value is -2.14. The van der Waals surface area contributed by atoms with Crippen LogP contribution >= 0.6 is 0 Å². The molecule has 2 heterocycles. The van der Waals surface area contributed by atoms with Gasteiger partial charge in [0.05, 0.1) is 11.1 Å². The molecule has 1 aliphatic heterocycles. The Bertz CT molecular complexity index is 753. The van der Waals surface area contributed by atoms with Crippen molar-refractivity contribution >= 4 is 11.7 Å². The third kappa shape index (κ3) is 3.61. The van der Waals surface area contributed by atoms with Crippen molar-refractivity contribution in [3.63, 3.8) is 0 Å². The molecule has 2 aromatic rings. The van der Waals surface area contributed by atoms with Crippen LogP contribution in [0.4, 0.5) is 5.82 Å². The molecular formula is C20H27N3O2. The molecule has 5 heteroatoms. The number of amides is 1. The zero-order chi connectivity index (χ0) is 18.0. The number of rotatable bonds is 4. The summed E-state index contributed by atoms with van der Waals surface area (Å²) in [6.07, 6.45) is 2.36. The van der Waals surface area contributed by atoms with E-state index in [-0.39, 0.29) is 11.3 Å². The van der Waals surface area contributed by atoms with Crippen LogP contribution in [0.3, 0.4) is 0 Å². The van der Waals surface area contributed by atoms with Gasteiger partial charge in [0.1, 0.15) is 0 Å². The van der Waals surface area contributed by atoms with E-state index >= 15 is 0 Å². The van der Waals surface area contributed by atoms with Gasteiger partial charge in [0.15, 0.2) is 5.82 Å². The van der Waals surface area contributed by atoms with Crippen molar-refractivity contribution in [3.8, 4) is 5.69 Å². The van der Waals surface area contributed by atoms with Gasteiger partial charge in [-0.3, -0.25) is 4.79 Å². The minimum absolute atomic E-state index is 0.0587. The molecule has 1 aromatic heterocycles. The molecule has 0 radical (unpaired) electrons. The molecule has 1 fully saturated rings. The van der Waals surface area contributed by atoms with Crippen molar-refractivity contribution in [2.24, 2.45) is 5.41 Å². The van der Waals surface area contributed by atoms with Gasteiger partial charge in [-0.25, -0.2) is 4.68 Å². The normalized spacial score (nSPS) is 16.6. The molecule has 1 aliphatic rings. The molecule has 0 unspecified atom stereocenters. The minimum Gasteiger partial charge on any atom is -0.381 e. The van der Waals surface area contributed by atoms with E-state index in [9.17, 15) is 4.79 Å². The van der Waals surface area contributed by atoms with Crippen LogP contribution in [-0.4, -0.2) is 28.9 Å². The SMILES string of the molecule is CCC1(C(=O)Nc2cc(C)n(-c3cc(C)cc(C)c3)n2)CCOCC1. The highest BCUT2D eigenvalue weighted by molar-refractivity contribution is 5.94. The number of nitrogens with one attached hydrogen (secondary N) is 1. The fourth-order valence-corrected chi connectivity index (χ4v) is 3.62. The molecule has 1 aromatic carbocycles. The highest BCUT2D eigenvalue weighted by Gasteiger charge is 2.38. The predicted octanol–water partition coefficient (Wildman–Crippen LogP) is 3.94. The average Bonchev–Trinajstić information content (AvgIpc) is 2.95. The quantitative estimate of drug-likeness (QED) is 0.916. The summed E-state index contributed by atoms with van der Waals surface area (Å²) < 4.78 is 7.32. The zero-order valence-corrected chi connectivity index (χ0v) is 15.6. The lowest BCUT2D eigenvalue weighted by molar-refractivity contribution is -0.131. The molecule has 1 saturated heterocycles. The number of ether oxygens (including phenoxy) is 1. The summed E-state index contributed by atoms with van der Waals surface area (Å²) >= 11 is 0. The van der Waals surface area contributed by atoms with Crippen molar-refractivity contribution < 1.29 is 9.53 Å². The standard InChI is InChI=1S/C20H27N3O2/c1-5-20(6-8-25-9-7-20)19(24)21-18-13-16(4)23(22-18)17-11-14(2)10-15(3)12-17/h10-13H,5-9H2,1-4H3,(H,21,22,24). The first-order valence-electron chi connectivity index (χ1n) is 8.98. The Labute approximate surface area is 149 Å². The van der Waals surface area contributed by atoms with Gasteiger partial charge in [0.25, 0.3) is 0 Å². The van der Waals surface area contributed by atoms with Gasteiger partial charge in [-0.1, -0.05) is 13.0 Å². The van der Waals surface area contributed by atoms with E-state index in [4.69, 9.17) is 4.74 Å². The molecule has 3 rings (SSSR count). The van der Waals surface area contributed by atoms with Crippen molar-refractivity contribution in [1.29, 1.82) is 0 Å². The molecule has 134 valence electrons. The van der Waals surface area contributed by atoms with E-state index in [0.717, 1.165) is 30.6 Å². The molecule has 25 heavy (non-hydrogen) atoms. The summed E-state index contributed by atoms with van der Waals surface area (Å²) in [6.45, 7) is 9.53. The Kier molecular flexibility index (Phi) is 4.95. The largest absolute Gasteiger partial charge is 0.381 e. The van der Waals surface area contributed by atoms with Gasteiger partial charge in [-0.2, -0.15) is 0 Å². The maximum absolute atomic E-state index is 12.9. The van der Waals surface area contributed by atoms with Crippen LogP contribution in [-0.2, 0) is 9.53 Å². The number of nitrogens with zero attached hydrogens (tertiary/aromatic N) is 2. The summed E-state index contributed by atoms with van der Waals surface area (Å²) in [6, 6.07) is 8.27. The van der Waals surface area contributed by atoms with Crippen molar-refractivity contribution in [1.82, 2.24) is 9.78 Å². The van der Waals surface area contributed by atoms with Crippen LogP contribution in [0.2, 0.25) is 0 Å². The van der Waals surface area contributed by atoms with Gasteiger partial charge < -0.3 is 10.1 Å². The van der Waals surface area contributed by atoms with Crippen molar-refractivity contribution in [2.45, 2.75) is 47.0 Å². The topological polar surface area (TPSA) is 56.2 Å². The van der Waals surface area contributed by atoms with Crippen molar-refractivity contribution in [3.05, 3.63) is 41.1 Å². The third-order valence-corrected chi connectivity index (χ3v) is 5.19. The molecular weight excluding hydrogens is 314 g/mol. The van der Waals surface area contributed by atoms with E-state index in [1.807, 2.05) is 17.7 Å². The molecule has 0 spiro atoms. The lowest BCUT2D eigenvalue weighted by atomic mass is 9.77. The lowest BCUT2D eigenvalue weighted by Crippen LogP contribution is -2.40. The molecule has 1 amide bonds. The predicted molar refractivity (Wildman–Crippen MR) is 99.2 cm³/mol. The number of hydrogen-bond acceptors (Lipinski definition) is 3. The third-order valence-electron chi connectivity index (χ3n) is 5.19. The molecule has 0 bridgehead atoms. The first-order valence-corrected chi connectivity index (χ1v) is 8.98. The van der Waals surface area contributed by atoms with Crippen LogP contribution in [0.5, 0.6) is 0 Å². The molecule has 0 saturated carbocycles. The van der Waals surface area contributed by atoms with E-state index in [0.29, 0.717) is 19.0 Å². The van der Waals surface area contributed by atoms with Crippen molar-refractivity contribution in [2.75, 3.05) is 18.5 Å². The fraction of sp³-hybridized carbons (Fsp3) is 0.500. The van der Waals surface area contributed by atoms with Crippen LogP contribution in [0.15, 0.2) is 24.3 Å². The average molecular weight is 341 g/mol. The van der Waals surface area contributed by atoms with Gasteiger partial charge >= 0.3 is 0 Å². The molecule has 0 aliphatic carbocycles. The van der Waals surface area contributed by atoms with Crippen LogP contribution in [0.25, 0.3) is 5.69 Å². The lowest BCUT2D eigenvalue weighted by Gasteiger charge is -2.34. The maximum atomic E-state index is 12.9. The molecule has 0 atom stereocenters. The smallest absolute Gasteiger partial charge is 0.231 e. The van der Waals surface area contributed by atoms with Crippen LogP contribution < -0.4 is 5.32 Å². The Morgan fingerprint density at radius 1 is 1.16 bits per heavy atom. The number of hydrogen-bond donors (Lipinski definition) is 1. The summed E-state index contributed by atoms with van der Waals surface area (Å²) in [5.41, 5.74) is 4.07. The van der Waals surface area contributed by atoms with Gasteiger partial charge in [0, 0.05) is 25.0 Å². The number of aryl methyl sites for hydroxylation is 3. The van der Waals surface area contributed by atoms with Crippen LogP contribution in [0.1, 0.15) is 43.0 Å². The maximum Gasteiger partial charge on any atom is 0.231 e. The Morgan fingerprint density at radius 3 is 2.40 bits per heavy atom. The second kappa shape index (κ2) is 7.00. The number of aromatic nitrogens is 2. The summed E-state index contributed by atoms with van der Waals surface area (Å²) in [5, 5.41) is 7.65. The van der Waals surface area contributed by atoms with E-state index < -0.39 is 0 Å².